The van der Waals surface area contributed by atoms with Crippen LogP contribution in [-0.4, -0.2) is 22.0 Å². The largest absolute Gasteiger partial charge is 0.475 e. The highest BCUT2D eigenvalue weighted by Gasteiger charge is 2.23. The van der Waals surface area contributed by atoms with Crippen molar-refractivity contribution < 1.29 is 14.3 Å². The van der Waals surface area contributed by atoms with Crippen LogP contribution in [0.15, 0.2) is 45.3 Å². The SMILES string of the molecule is O=C(O)c1ccc(CN(Cc2ccc(Br)cc2)C2CCCCC2)o1. The summed E-state index contributed by atoms with van der Waals surface area (Å²) < 4.78 is 6.55. The van der Waals surface area contributed by atoms with Gasteiger partial charge < -0.3 is 9.52 Å². The van der Waals surface area contributed by atoms with Crippen LogP contribution in [0.5, 0.6) is 0 Å². The number of furan rings is 1. The van der Waals surface area contributed by atoms with E-state index in [4.69, 9.17) is 9.52 Å². The molecule has 1 heterocycles. The van der Waals surface area contributed by atoms with Gasteiger partial charge in [0.2, 0.25) is 5.76 Å². The lowest BCUT2D eigenvalue weighted by atomic mass is 9.93. The van der Waals surface area contributed by atoms with Gasteiger partial charge in [-0.2, -0.15) is 0 Å². The summed E-state index contributed by atoms with van der Waals surface area (Å²) >= 11 is 3.47. The van der Waals surface area contributed by atoms with E-state index in [1.807, 2.05) is 0 Å². The second kappa shape index (κ2) is 7.99. The van der Waals surface area contributed by atoms with Crippen LogP contribution in [0.3, 0.4) is 0 Å². The van der Waals surface area contributed by atoms with Gasteiger partial charge in [0.25, 0.3) is 0 Å². The Kier molecular flexibility index (Phi) is 5.74. The van der Waals surface area contributed by atoms with E-state index < -0.39 is 5.97 Å². The summed E-state index contributed by atoms with van der Waals surface area (Å²) in [6.07, 6.45) is 6.23. The van der Waals surface area contributed by atoms with Crippen LogP contribution < -0.4 is 0 Å². The zero-order valence-corrected chi connectivity index (χ0v) is 15.2. The van der Waals surface area contributed by atoms with Gasteiger partial charge >= 0.3 is 5.97 Å². The maximum atomic E-state index is 11.0. The number of benzene rings is 1. The lowest BCUT2D eigenvalue weighted by molar-refractivity contribution is 0.0655. The summed E-state index contributed by atoms with van der Waals surface area (Å²) in [6, 6.07) is 12.2. The van der Waals surface area contributed by atoms with Crippen molar-refractivity contribution in [3.63, 3.8) is 0 Å². The first kappa shape index (κ1) is 17.2. The number of nitrogens with zero attached hydrogens (tertiary/aromatic N) is 1. The van der Waals surface area contributed by atoms with E-state index in [1.165, 1.54) is 43.7 Å². The molecule has 3 rings (SSSR count). The van der Waals surface area contributed by atoms with E-state index >= 15 is 0 Å². The molecule has 1 aromatic heterocycles. The van der Waals surface area contributed by atoms with Gasteiger partial charge in [0, 0.05) is 17.1 Å². The quantitative estimate of drug-likeness (QED) is 0.745. The second-order valence-electron chi connectivity index (χ2n) is 6.39. The predicted octanol–water partition coefficient (Wildman–Crippen LogP) is 5.08. The third kappa shape index (κ3) is 4.48. The summed E-state index contributed by atoms with van der Waals surface area (Å²) in [6.45, 7) is 1.50. The third-order valence-electron chi connectivity index (χ3n) is 4.62. The standard InChI is InChI=1S/C19H22BrNO3/c20-15-8-6-14(7-9-15)12-21(16-4-2-1-3-5-16)13-17-10-11-18(24-17)19(22)23/h6-11,16H,1-5,12-13H2,(H,22,23). The Labute approximate surface area is 150 Å². The molecular weight excluding hydrogens is 370 g/mol. The Balaban J connectivity index is 1.75. The average molecular weight is 392 g/mol. The second-order valence-corrected chi connectivity index (χ2v) is 7.31. The molecule has 2 aromatic rings. The van der Waals surface area contributed by atoms with Crippen LogP contribution in [0.2, 0.25) is 0 Å². The fraction of sp³-hybridized carbons (Fsp3) is 0.421. The van der Waals surface area contributed by atoms with Crippen molar-refractivity contribution in [2.75, 3.05) is 0 Å². The summed E-state index contributed by atoms with van der Waals surface area (Å²) in [7, 11) is 0. The van der Waals surface area contributed by atoms with Crippen molar-refractivity contribution in [2.45, 2.75) is 51.2 Å². The highest BCUT2D eigenvalue weighted by molar-refractivity contribution is 9.10. The molecule has 1 fully saturated rings. The zero-order chi connectivity index (χ0) is 16.9. The molecule has 0 amide bonds. The predicted molar refractivity (Wildman–Crippen MR) is 95.9 cm³/mol. The van der Waals surface area contributed by atoms with Crippen LogP contribution in [0, 0.1) is 0 Å². The van der Waals surface area contributed by atoms with Crippen molar-refractivity contribution in [3.8, 4) is 0 Å². The van der Waals surface area contributed by atoms with Crippen LogP contribution in [0.1, 0.15) is 54.0 Å². The molecule has 24 heavy (non-hydrogen) atoms. The van der Waals surface area contributed by atoms with Crippen LogP contribution in [-0.2, 0) is 13.1 Å². The number of rotatable bonds is 6. The summed E-state index contributed by atoms with van der Waals surface area (Å²) in [5.41, 5.74) is 1.26. The Morgan fingerprint density at radius 2 is 1.79 bits per heavy atom. The van der Waals surface area contributed by atoms with Crippen molar-refractivity contribution >= 4 is 21.9 Å². The number of aromatic carboxylic acids is 1. The van der Waals surface area contributed by atoms with Crippen LogP contribution in [0.25, 0.3) is 0 Å². The highest BCUT2D eigenvalue weighted by Crippen LogP contribution is 2.26. The minimum Gasteiger partial charge on any atom is -0.475 e. The van der Waals surface area contributed by atoms with Crippen molar-refractivity contribution in [1.82, 2.24) is 4.90 Å². The van der Waals surface area contributed by atoms with Gasteiger partial charge in [-0.05, 0) is 42.7 Å². The van der Waals surface area contributed by atoms with Gasteiger partial charge in [0.15, 0.2) is 0 Å². The van der Waals surface area contributed by atoms with E-state index in [0.29, 0.717) is 12.6 Å². The first-order valence-electron chi connectivity index (χ1n) is 8.42. The molecule has 0 radical (unpaired) electrons. The van der Waals surface area contributed by atoms with Gasteiger partial charge in [-0.3, -0.25) is 4.90 Å². The van der Waals surface area contributed by atoms with E-state index in [9.17, 15) is 4.79 Å². The molecule has 128 valence electrons. The number of hydrogen-bond donors (Lipinski definition) is 1. The smallest absolute Gasteiger partial charge is 0.371 e. The molecule has 4 nitrogen and oxygen atoms in total. The van der Waals surface area contributed by atoms with Crippen LogP contribution >= 0.6 is 15.9 Å². The molecule has 5 heteroatoms. The molecule has 0 atom stereocenters. The molecule has 0 spiro atoms. The Hall–Kier alpha value is -1.59. The molecule has 0 unspecified atom stereocenters. The van der Waals surface area contributed by atoms with Crippen molar-refractivity contribution in [1.29, 1.82) is 0 Å². The Bertz CT molecular complexity index is 674. The van der Waals surface area contributed by atoms with E-state index in [2.05, 4.69) is 45.1 Å². The van der Waals surface area contributed by atoms with Gasteiger partial charge in [-0.1, -0.05) is 47.3 Å². The van der Waals surface area contributed by atoms with Crippen LogP contribution in [0.4, 0.5) is 0 Å². The highest BCUT2D eigenvalue weighted by atomic mass is 79.9. The Morgan fingerprint density at radius 1 is 1.08 bits per heavy atom. The first-order valence-corrected chi connectivity index (χ1v) is 9.21. The number of carboxylic acid groups (broad SMARTS) is 1. The Morgan fingerprint density at radius 3 is 2.42 bits per heavy atom. The summed E-state index contributed by atoms with van der Waals surface area (Å²) in [4.78, 5) is 13.4. The van der Waals surface area contributed by atoms with Gasteiger partial charge in [-0.25, -0.2) is 4.79 Å². The normalized spacial score (nSPS) is 15.8. The molecule has 0 aliphatic heterocycles. The van der Waals surface area contributed by atoms with E-state index in [-0.39, 0.29) is 5.76 Å². The maximum Gasteiger partial charge on any atom is 0.371 e. The summed E-state index contributed by atoms with van der Waals surface area (Å²) in [5.74, 6) is -0.286. The van der Waals surface area contributed by atoms with Crippen molar-refractivity contribution in [3.05, 3.63) is 58.0 Å². The molecule has 1 aromatic carbocycles. The number of halogens is 1. The third-order valence-corrected chi connectivity index (χ3v) is 5.15. The lowest BCUT2D eigenvalue weighted by Crippen LogP contribution is -2.35. The lowest BCUT2D eigenvalue weighted by Gasteiger charge is -2.34. The first-order chi connectivity index (χ1) is 11.6. The number of carboxylic acids is 1. The van der Waals surface area contributed by atoms with Gasteiger partial charge in [-0.15, -0.1) is 0 Å². The minimum atomic E-state index is -1.02. The molecule has 1 N–H and O–H groups in total. The topological polar surface area (TPSA) is 53.7 Å². The minimum absolute atomic E-state index is 0.0113. The number of hydrogen-bond acceptors (Lipinski definition) is 3. The molecule has 0 bridgehead atoms. The summed E-state index contributed by atoms with van der Waals surface area (Å²) in [5, 5.41) is 9.03. The molecular formula is C19H22BrNO3. The van der Waals surface area contributed by atoms with Gasteiger partial charge in [0.05, 0.1) is 6.54 Å². The van der Waals surface area contributed by atoms with E-state index in [0.717, 1.165) is 16.8 Å². The molecule has 1 aliphatic rings. The molecule has 0 saturated heterocycles. The van der Waals surface area contributed by atoms with E-state index in [1.54, 1.807) is 6.07 Å². The fourth-order valence-electron chi connectivity index (χ4n) is 3.36. The fourth-order valence-corrected chi connectivity index (χ4v) is 3.63. The van der Waals surface area contributed by atoms with Gasteiger partial charge in [0.1, 0.15) is 5.76 Å². The number of carbonyl (C=O) groups is 1. The zero-order valence-electron chi connectivity index (χ0n) is 13.6. The molecule has 1 aliphatic carbocycles. The molecule has 1 saturated carbocycles. The monoisotopic (exact) mass is 391 g/mol. The maximum absolute atomic E-state index is 11.0. The average Bonchev–Trinajstić information content (AvgIpc) is 3.06. The van der Waals surface area contributed by atoms with Crippen molar-refractivity contribution in [2.24, 2.45) is 0 Å².